The Morgan fingerprint density at radius 1 is 0.708 bits per heavy atom. The van der Waals surface area contributed by atoms with Crippen molar-refractivity contribution in [2.75, 3.05) is 16.9 Å². The average Bonchev–Trinajstić information content (AvgIpc) is 4.10. The second-order valence-corrected chi connectivity index (χ2v) is 17.4. The van der Waals surface area contributed by atoms with Gasteiger partial charge < -0.3 is 24.3 Å². The van der Waals surface area contributed by atoms with E-state index in [-0.39, 0.29) is 29.0 Å². The lowest BCUT2D eigenvalue weighted by atomic mass is 9.99. The zero-order valence-electron chi connectivity index (χ0n) is 35.8. The fourth-order valence-electron chi connectivity index (χ4n) is 7.04. The molecular weight excluding hydrogens is 882 g/mol. The van der Waals surface area contributed by atoms with Crippen molar-refractivity contribution in [2.45, 2.75) is 35.1 Å². The molecule has 7 heterocycles. The first-order valence-electron chi connectivity index (χ1n) is 19.6. The molecule has 2 aromatic carbocycles. The molecule has 0 atom stereocenters. The number of benzene rings is 2. The van der Waals surface area contributed by atoms with Crippen LogP contribution in [0.3, 0.4) is 0 Å². The van der Waals surface area contributed by atoms with Crippen LogP contribution in [-0.4, -0.2) is 46.3 Å². The van der Waals surface area contributed by atoms with Crippen molar-refractivity contribution in [1.29, 1.82) is 0 Å². The van der Waals surface area contributed by atoms with Gasteiger partial charge in [0.15, 0.2) is 5.01 Å². The van der Waals surface area contributed by atoms with Crippen molar-refractivity contribution in [1.82, 2.24) is 34.2 Å². The largest absolute Gasteiger partial charge is 0.350 e. The maximum absolute atomic E-state index is 13.2. The minimum atomic E-state index is -0.143. The molecule has 0 aliphatic carbocycles. The summed E-state index contributed by atoms with van der Waals surface area (Å²) in [5.74, 6) is 0.362. The lowest BCUT2D eigenvalue weighted by molar-refractivity contribution is 0.104. The molecule has 0 fully saturated rings. The maximum Gasteiger partial charge on any atom is 0.258 e. The number of rotatable bonds is 10. The van der Waals surface area contributed by atoms with Gasteiger partial charge in [0.2, 0.25) is 11.7 Å². The smallest absolute Gasteiger partial charge is 0.258 e. The van der Waals surface area contributed by atoms with Crippen LogP contribution in [0.4, 0.5) is 22.0 Å². The summed E-state index contributed by atoms with van der Waals surface area (Å²) in [7, 11) is 3.57. The van der Waals surface area contributed by atoms with E-state index in [0.717, 1.165) is 71.8 Å². The van der Waals surface area contributed by atoms with E-state index in [1.165, 1.54) is 34.4 Å². The zero-order valence-corrected chi connectivity index (χ0v) is 38.2. The van der Waals surface area contributed by atoms with E-state index in [1.54, 1.807) is 65.5 Å². The number of hydrogen-bond acceptors (Lipinski definition) is 14. The van der Waals surface area contributed by atoms with Crippen LogP contribution >= 0.6 is 34.4 Å². The molecule has 9 aromatic rings. The van der Waals surface area contributed by atoms with Gasteiger partial charge in [-0.25, -0.2) is 9.97 Å². The monoisotopic (exact) mass is 927 g/mol. The van der Waals surface area contributed by atoms with Gasteiger partial charge in [-0.15, -0.1) is 34.4 Å². The summed E-state index contributed by atoms with van der Waals surface area (Å²) in [4.78, 5) is 55.8. The van der Waals surface area contributed by atoms with E-state index < -0.39 is 0 Å². The Balaban J connectivity index is 0.000000209. The second kappa shape index (κ2) is 20.2. The lowest BCUT2D eigenvalue weighted by Crippen LogP contribution is -2.19. The Morgan fingerprint density at radius 2 is 1.26 bits per heavy atom. The summed E-state index contributed by atoms with van der Waals surface area (Å²) >= 11 is 4.25. The highest BCUT2D eigenvalue weighted by Crippen LogP contribution is 2.31. The van der Waals surface area contributed by atoms with Crippen molar-refractivity contribution < 1.29 is 14.0 Å². The molecule has 332 valence electrons. The van der Waals surface area contributed by atoms with Gasteiger partial charge in [-0.1, -0.05) is 24.7 Å². The third-order valence-corrected chi connectivity index (χ3v) is 12.6. The number of pyridine rings is 4. The molecule has 0 amide bonds. The summed E-state index contributed by atoms with van der Waals surface area (Å²) in [6.07, 6.45) is 10.4. The first-order chi connectivity index (χ1) is 30.4. The number of aromatic nitrogens is 7. The minimum absolute atomic E-state index is 0. The normalized spacial score (nSPS) is 11.1. The topological polar surface area (TPSA) is 163 Å². The third kappa shape index (κ3) is 10.2. The Bertz CT molecular complexity index is 3320. The van der Waals surface area contributed by atoms with Crippen LogP contribution in [0, 0.1) is 27.7 Å². The molecule has 0 aliphatic rings. The number of carbonyl (C=O) groups is 1. The quantitative estimate of drug-likeness (QED) is 0.0987. The summed E-state index contributed by atoms with van der Waals surface area (Å²) in [5, 5.41) is 18.0. The molecule has 17 heteroatoms. The number of nitrogens with one attached hydrogen (secondary N) is 2. The van der Waals surface area contributed by atoms with Crippen LogP contribution in [0.25, 0.3) is 54.8 Å². The van der Waals surface area contributed by atoms with Gasteiger partial charge in [0.05, 0.1) is 16.1 Å². The Hall–Kier alpha value is -7.08. The molecule has 2 N–H and O–H groups in total. The highest BCUT2D eigenvalue weighted by molar-refractivity contribution is 8.02. The summed E-state index contributed by atoms with van der Waals surface area (Å²) in [6.45, 7) is 7.80. The SMILES string of the molecule is C.CS/C(=C\C(=O)c1nccs1)Nc1ccc(C)c(-c2cc3cnc(C)cc3n(C)c2=O)c1.Cc1cc2c(cn1)cc(-c1cc(Nc3cc(-c4nccs4)no3)ccc1C)c(=O)n2C.F. The van der Waals surface area contributed by atoms with Crippen molar-refractivity contribution in [3.63, 3.8) is 0 Å². The molecule has 0 radical (unpaired) electrons. The number of thiazole rings is 2. The fraction of sp³-hybridized carbons (Fsp3) is 0.167. The molecule has 65 heavy (non-hydrogen) atoms. The molecule has 13 nitrogen and oxygen atoms in total. The van der Waals surface area contributed by atoms with E-state index in [2.05, 4.69) is 35.7 Å². The molecule has 9 rings (SSSR count). The standard InChI is InChI=1S/C24H22N4O2S2.C23H19N5O2S.CH4.FH/c1-14-5-6-17(27-22(31-4)12-21(29)23-25-7-8-32-23)11-18(14)19-10-16-13-26-15(2)9-20(16)28(3)24(19)30;1-13-4-5-16(26-21-11-19(27-30-21)22-24-6-7-31-22)10-17(13)18-9-15-12-25-14(2)8-20(15)28(3)23(18)29;;/h5-13,27H,1-4H3;4-12,26H,1-3H3;1H4;1H/b22-12-;;;. The number of thioether (sulfide) groups is 1. The Kier molecular flexibility index (Phi) is 14.7. The number of nitrogens with zero attached hydrogens (tertiary/aromatic N) is 7. The number of allylic oxidation sites excluding steroid dienone is 1. The summed E-state index contributed by atoms with van der Waals surface area (Å²) < 4.78 is 8.75. The van der Waals surface area contributed by atoms with Crippen LogP contribution in [0.1, 0.15) is 39.7 Å². The van der Waals surface area contributed by atoms with E-state index in [9.17, 15) is 14.4 Å². The van der Waals surface area contributed by atoms with Crippen LogP contribution < -0.4 is 21.8 Å². The van der Waals surface area contributed by atoms with Crippen LogP contribution in [0.2, 0.25) is 0 Å². The molecule has 0 saturated carbocycles. The highest BCUT2D eigenvalue weighted by Gasteiger charge is 2.16. The first-order valence-corrected chi connectivity index (χ1v) is 22.6. The number of halogens is 1. The number of hydrogen-bond donors (Lipinski definition) is 2. The average molecular weight is 928 g/mol. The van der Waals surface area contributed by atoms with E-state index >= 15 is 0 Å². The van der Waals surface area contributed by atoms with Crippen molar-refractivity contribution in [3.8, 4) is 33.0 Å². The van der Waals surface area contributed by atoms with Gasteiger partial charge in [-0.05, 0) is 105 Å². The molecular formula is C48H46FN9O4S3. The molecule has 0 spiro atoms. The van der Waals surface area contributed by atoms with Crippen molar-refractivity contribution in [3.05, 3.63) is 162 Å². The molecule has 0 unspecified atom stereocenters. The number of fused-ring (bicyclic) bond motifs is 2. The van der Waals surface area contributed by atoms with Gasteiger partial charge in [0.25, 0.3) is 11.1 Å². The zero-order chi connectivity index (χ0) is 44.4. The fourth-order valence-corrected chi connectivity index (χ4v) is 8.62. The van der Waals surface area contributed by atoms with Gasteiger partial charge in [-0.3, -0.25) is 29.1 Å². The second-order valence-electron chi connectivity index (χ2n) is 14.8. The van der Waals surface area contributed by atoms with Gasteiger partial charge >= 0.3 is 0 Å². The molecule has 7 aromatic heterocycles. The number of carbonyl (C=O) groups excluding carboxylic acids is 1. The number of ketones is 1. The highest BCUT2D eigenvalue weighted by atomic mass is 32.2. The summed E-state index contributed by atoms with van der Waals surface area (Å²) in [6, 6.07) is 21.2. The minimum Gasteiger partial charge on any atom is -0.350 e. The van der Waals surface area contributed by atoms with Gasteiger partial charge in [-0.2, -0.15) is 0 Å². The van der Waals surface area contributed by atoms with E-state index in [1.807, 2.05) is 100.0 Å². The molecule has 0 saturated heterocycles. The first kappa shape index (κ1) is 47.4. The molecule has 0 aliphatic heterocycles. The van der Waals surface area contributed by atoms with E-state index in [0.29, 0.717) is 32.7 Å². The van der Waals surface area contributed by atoms with Gasteiger partial charge in [0, 0.05) is 106 Å². The third-order valence-electron chi connectivity index (χ3n) is 10.4. The Morgan fingerprint density at radius 3 is 1.80 bits per heavy atom. The summed E-state index contributed by atoms with van der Waals surface area (Å²) in [5.41, 5.74) is 10.5. The number of anilines is 3. The molecule has 0 bridgehead atoms. The predicted molar refractivity (Wildman–Crippen MR) is 266 cm³/mol. The van der Waals surface area contributed by atoms with Crippen LogP contribution in [-0.2, 0) is 14.1 Å². The van der Waals surface area contributed by atoms with Crippen molar-refractivity contribution >= 4 is 79.3 Å². The predicted octanol–water partition coefficient (Wildman–Crippen LogP) is 11.0. The van der Waals surface area contributed by atoms with Crippen LogP contribution in [0.5, 0.6) is 0 Å². The Labute approximate surface area is 386 Å². The van der Waals surface area contributed by atoms with Gasteiger partial charge in [0.1, 0.15) is 10.7 Å². The maximum atomic E-state index is 13.2. The van der Waals surface area contributed by atoms with Crippen LogP contribution in [0.15, 0.2) is 127 Å². The van der Waals surface area contributed by atoms with Crippen molar-refractivity contribution in [2.24, 2.45) is 14.1 Å². The number of aryl methyl sites for hydroxylation is 6. The lowest BCUT2D eigenvalue weighted by Gasteiger charge is -2.14. The van der Waals surface area contributed by atoms with E-state index in [4.69, 9.17) is 4.52 Å².